The lowest BCUT2D eigenvalue weighted by atomic mass is 9.89. The van der Waals surface area contributed by atoms with Crippen LogP contribution in [0.1, 0.15) is 54.7 Å². The number of aromatic nitrogens is 6. The lowest BCUT2D eigenvalue weighted by molar-refractivity contribution is 0.0880. The number of carbonyl (C=O) groups is 1. The van der Waals surface area contributed by atoms with Crippen LogP contribution in [0.2, 0.25) is 0 Å². The fourth-order valence-electron chi connectivity index (χ4n) is 3.53. The molecule has 4 rings (SSSR count). The van der Waals surface area contributed by atoms with E-state index >= 15 is 0 Å². The summed E-state index contributed by atoms with van der Waals surface area (Å²) in [6, 6.07) is 3.72. The number of amides is 1. The van der Waals surface area contributed by atoms with E-state index in [1.807, 2.05) is 12.1 Å². The third kappa shape index (κ3) is 2.53. The molecule has 1 saturated carbocycles. The number of aromatic amines is 2. The molecule has 0 bridgehead atoms. The number of pyridine rings is 1. The second kappa shape index (κ2) is 6.03. The fourth-order valence-corrected chi connectivity index (χ4v) is 3.53. The Morgan fingerprint density at radius 3 is 2.79 bits per heavy atom. The minimum absolute atomic E-state index is 0.138. The van der Waals surface area contributed by atoms with Crippen molar-refractivity contribution in [3.05, 3.63) is 35.9 Å². The van der Waals surface area contributed by atoms with Gasteiger partial charge in [0.25, 0.3) is 5.91 Å². The highest BCUT2D eigenvalue weighted by Gasteiger charge is 2.38. The number of hydrogen-bond acceptors (Lipinski definition) is 5. The first-order valence-electron chi connectivity index (χ1n) is 8.27. The molecule has 0 unspecified atom stereocenters. The van der Waals surface area contributed by atoms with Gasteiger partial charge >= 0.3 is 0 Å². The van der Waals surface area contributed by atoms with Gasteiger partial charge in [-0.05, 0) is 25.0 Å². The quantitative estimate of drug-likeness (QED) is 0.638. The molecule has 0 spiro atoms. The summed E-state index contributed by atoms with van der Waals surface area (Å²) < 4.78 is 0. The second-order valence-electron chi connectivity index (χ2n) is 6.29. The summed E-state index contributed by atoms with van der Waals surface area (Å²) in [4.78, 5) is 20.2. The topological polar surface area (TPSA) is 112 Å². The molecule has 3 aromatic rings. The monoisotopic (exact) mass is 325 g/mol. The number of H-pyrrole nitrogens is 2. The number of tetrazole rings is 1. The summed E-state index contributed by atoms with van der Waals surface area (Å²) in [7, 11) is 0. The largest absolute Gasteiger partial charge is 0.345 e. The SMILES string of the molecule is O=C(NC1(c2nn[nH]n2)CCCCCC1)c1c[nH]c2ncccc12. The maximum atomic E-state index is 13.0. The van der Waals surface area contributed by atoms with Gasteiger partial charge in [0.1, 0.15) is 11.2 Å². The van der Waals surface area contributed by atoms with Crippen molar-refractivity contribution in [2.24, 2.45) is 0 Å². The van der Waals surface area contributed by atoms with Gasteiger partial charge in [-0.1, -0.05) is 30.9 Å². The lowest BCUT2D eigenvalue weighted by Gasteiger charge is -2.30. The van der Waals surface area contributed by atoms with Crippen molar-refractivity contribution >= 4 is 16.9 Å². The molecule has 8 heteroatoms. The summed E-state index contributed by atoms with van der Waals surface area (Å²) in [5.74, 6) is 0.427. The summed E-state index contributed by atoms with van der Waals surface area (Å²) in [5.41, 5.74) is 0.731. The standard InChI is InChI=1S/C16H19N7O/c24-14(12-10-18-13-11(12)6-5-9-17-13)19-16(15-20-22-23-21-15)7-3-1-2-4-8-16/h5-6,9-10H,1-4,7-8H2,(H,17,18)(H,19,24)(H,20,21,22,23). The van der Waals surface area contributed by atoms with Crippen molar-refractivity contribution in [2.75, 3.05) is 0 Å². The molecule has 0 aromatic carbocycles. The lowest BCUT2D eigenvalue weighted by Crippen LogP contribution is -2.46. The summed E-state index contributed by atoms with van der Waals surface area (Å²) in [5, 5.41) is 18.5. The summed E-state index contributed by atoms with van der Waals surface area (Å²) >= 11 is 0. The van der Waals surface area contributed by atoms with Crippen LogP contribution in [0, 0.1) is 0 Å². The average molecular weight is 325 g/mol. The average Bonchev–Trinajstić information content (AvgIpc) is 3.22. The Kier molecular flexibility index (Phi) is 3.72. The highest BCUT2D eigenvalue weighted by Crippen LogP contribution is 2.34. The normalized spacial score (nSPS) is 17.5. The smallest absolute Gasteiger partial charge is 0.254 e. The Morgan fingerprint density at radius 1 is 1.21 bits per heavy atom. The van der Waals surface area contributed by atoms with Gasteiger partial charge < -0.3 is 10.3 Å². The predicted molar refractivity (Wildman–Crippen MR) is 87.1 cm³/mol. The molecule has 24 heavy (non-hydrogen) atoms. The molecule has 3 aromatic heterocycles. The van der Waals surface area contributed by atoms with Crippen LogP contribution < -0.4 is 5.32 Å². The molecule has 8 nitrogen and oxygen atoms in total. The van der Waals surface area contributed by atoms with Gasteiger partial charge in [0.05, 0.1) is 5.56 Å². The Bertz CT molecular complexity index is 831. The maximum Gasteiger partial charge on any atom is 0.254 e. The Balaban J connectivity index is 1.68. The van der Waals surface area contributed by atoms with Gasteiger partial charge in [-0.15, -0.1) is 10.2 Å². The molecule has 0 saturated heterocycles. The highest BCUT2D eigenvalue weighted by molar-refractivity contribution is 6.06. The van der Waals surface area contributed by atoms with E-state index < -0.39 is 5.54 Å². The molecule has 0 atom stereocenters. The molecular formula is C16H19N7O. The van der Waals surface area contributed by atoms with E-state index in [9.17, 15) is 4.79 Å². The second-order valence-corrected chi connectivity index (χ2v) is 6.29. The number of hydrogen-bond donors (Lipinski definition) is 3. The third-order valence-corrected chi connectivity index (χ3v) is 4.78. The zero-order valence-corrected chi connectivity index (χ0v) is 13.2. The first kappa shape index (κ1) is 14.8. The van der Waals surface area contributed by atoms with Gasteiger partial charge in [-0.3, -0.25) is 4.79 Å². The Hall–Kier alpha value is -2.77. The van der Waals surface area contributed by atoms with Gasteiger partial charge in [0.2, 0.25) is 0 Å². The van der Waals surface area contributed by atoms with Crippen LogP contribution in [0.3, 0.4) is 0 Å². The Labute approximate surface area is 138 Å². The zero-order chi connectivity index (χ0) is 16.4. The first-order valence-corrected chi connectivity index (χ1v) is 8.27. The highest BCUT2D eigenvalue weighted by atomic mass is 16.1. The fraction of sp³-hybridized carbons (Fsp3) is 0.438. The van der Waals surface area contributed by atoms with E-state index in [-0.39, 0.29) is 5.91 Å². The number of rotatable bonds is 3. The van der Waals surface area contributed by atoms with Crippen molar-refractivity contribution in [2.45, 2.75) is 44.1 Å². The van der Waals surface area contributed by atoms with Crippen molar-refractivity contribution in [3.8, 4) is 0 Å². The predicted octanol–water partition coefficient (Wildman–Crippen LogP) is 2.06. The van der Waals surface area contributed by atoms with Gasteiger partial charge in [0.15, 0.2) is 5.82 Å². The van der Waals surface area contributed by atoms with Crippen molar-refractivity contribution in [1.82, 2.24) is 35.9 Å². The molecule has 1 aliphatic carbocycles. The van der Waals surface area contributed by atoms with E-state index in [0.29, 0.717) is 17.0 Å². The van der Waals surface area contributed by atoms with Crippen molar-refractivity contribution in [1.29, 1.82) is 0 Å². The van der Waals surface area contributed by atoms with Crippen LogP contribution in [0.5, 0.6) is 0 Å². The van der Waals surface area contributed by atoms with E-state index in [0.717, 1.165) is 43.9 Å². The molecule has 3 heterocycles. The van der Waals surface area contributed by atoms with E-state index in [1.165, 1.54) is 0 Å². The van der Waals surface area contributed by atoms with Gasteiger partial charge in [-0.25, -0.2) is 4.98 Å². The van der Waals surface area contributed by atoms with Crippen LogP contribution in [-0.2, 0) is 5.54 Å². The molecule has 0 radical (unpaired) electrons. The van der Waals surface area contributed by atoms with Crippen LogP contribution in [-0.4, -0.2) is 36.5 Å². The first-order chi connectivity index (χ1) is 11.8. The molecule has 1 fully saturated rings. The van der Waals surface area contributed by atoms with Crippen molar-refractivity contribution < 1.29 is 4.79 Å². The number of nitrogens with one attached hydrogen (secondary N) is 3. The van der Waals surface area contributed by atoms with E-state index in [2.05, 4.69) is 35.9 Å². The van der Waals surface area contributed by atoms with Crippen LogP contribution in [0.4, 0.5) is 0 Å². The minimum Gasteiger partial charge on any atom is -0.345 e. The van der Waals surface area contributed by atoms with Crippen LogP contribution >= 0.6 is 0 Å². The third-order valence-electron chi connectivity index (χ3n) is 4.78. The number of fused-ring (bicyclic) bond motifs is 1. The summed E-state index contributed by atoms with van der Waals surface area (Å²) in [6.07, 6.45) is 9.42. The molecule has 124 valence electrons. The molecule has 1 aliphatic rings. The van der Waals surface area contributed by atoms with Crippen LogP contribution in [0.25, 0.3) is 11.0 Å². The molecule has 3 N–H and O–H groups in total. The number of carbonyl (C=O) groups excluding carboxylic acids is 1. The minimum atomic E-state index is -0.563. The summed E-state index contributed by atoms with van der Waals surface area (Å²) in [6.45, 7) is 0. The van der Waals surface area contributed by atoms with Gasteiger partial charge in [-0.2, -0.15) is 5.21 Å². The Morgan fingerprint density at radius 2 is 2.04 bits per heavy atom. The molecule has 0 aliphatic heterocycles. The zero-order valence-electron chi connectivity index (χ0n) is 13.2. The molecule has 1 amide bonds. The van der Waals surface area contributed by atoms with E-state index in [1.54, 1.807) is 12.4 Å². The van der Waals surface area contributed by atoms with Gasteiger partial charge in [0, 0.05) is 17.8 Å². The van der Waals surface area contributed by atoms with Crippen LogP contribution in [0.15, 0.2) is 24.5 Å². The van der Waals surface area contributed by atoms with E-state index in [4.69, 9.17) is 0 Å². The number of nitrogens with zero attached hydrogens (tertiary/aromatic N) is 4. The van der Waals surface area contributed by atoms with Crippen molar-refractivity contribution in [3.63, 3.8) is 0 Å². The molecular weight excluding hydrogens is 306 g/mol. The maximum absolute atomic E-state index is 13.0.